The number of nitrogens with one attached hydrogen (secondary N) is 2. The number of aromatic amines is 1. The quantitative estimate of drug-likeness (QED) is 0.647. The standard InChI is InChI=1S/C9H14N2O4S/c1-7(12)2-5-11-16(14,15)9-6-10-4-3-8(9)13/h3-4,6-7,11-12H,2,5H2,1H3,(H,10,13). The first-order valence-electron chi connectivity index (χ1n) is 4.78. The van der Waals surface area contributed by atoms with E-state index in [0.717, 1.165) is 12.3 Å². The maximum absolute atomic E-state index is 11.6. The number of aliphatic hydroxyl groups is 1. The Hall–Kier alpha value is -1.18. The summed E-state index contributed by atoms with van der Waals surface area (Å²) in [5, 5.41) is 8.97. The Kier molecular flexibility index (Phi) is 4.22. The van der Waals surface area contributed by atoms with E-state index in [2.05, 4.69) is 9.71 Å². The van der Waals surface area contributed by atoms with E-state index in [9.17, 15) is 13.2 Å². The van der Waals surface area contributed by atoms with E-state index < -0.39 is 21.6 Å². The molecule has 7 heteroatoms. The molecule has 0 aliphatic heterocycles. The van der Waals surface area contributed by atoms with Gasteiger partial charge in [-0.1, -0.05) is 0 Å². The Morgan fingerprint density at radius 1 is 1.56 bits per heavy atom. The monoisotopic (exact) mass is 246 g/mol. The number of hydrogen-bond donors (Lipinski definition) is 3. The van der Waals surface area contributed by atoms with Crippen molar-refractivity contribution in [3.05, 3.63) is 28.7 Å². The second-order valence-corrected chi connectivity index (χ2v) is 5.14. The Morgan fingerprint density at radius 2 is 2.25 bits per heavy atom. The van der Waals surface area contributed by atoms with Crippen LogP contribution in [0.2, 0.25) is 0 Å². The molecular formula is C9H14N2O4S. The Bertz CT molecular complexity index is 492. The predicted molar refractivity (Wildman–Crippen MR) is 58.5 cm³/mol. The van der Waals surface area contributed by atoms with Gasteiger partial charge in [0.15, 0.2) is 0 Å². The van der Waals surface area contributed by atoms with E-state index in [-0.39, 0.29) is 11.4 Å². The van der Waals surface area contributed by atoms with Crippen LogP contribution in [0.25, 0.3) is 0 Å². The van der Waals surface area contributed by atoms with Gasteiger partial charge in [-0.15, -0.1) is 0 Å². The van der Waals surface area contributed by atoms with Gasteiger partial charge < -0.3 is 10.1 Å². The maximum atomic E-state index is 11.6. The van der Waals surface area contributed by atoms with Crippen molar-refractivity contribution >= 4 is 10.0 Å². The Labute approximate surface area is 93.4 Å². The first-order chi connectivity index (χ1) is 7.43. The van der Waals surface area contributed by atoms with E-state index in [0.29, 0.717) is 6.42 Å². The number of hydrogen-bond acceptors (Lipinski definition) is 4. The molecule has 0 aliphatic carbocycles. The fourth-order valence-corrected chi connectivity index (χ4v) is 2.19. The number of rotatable bonds is 5. The predicted octanol–water partition coefficient (Wildman–Crippen LogP) is -0.576. The van der Waals surface area contributed by atoms with Gasteiger partial charge in [-0.2, -0.15) is 0 Å². The molecule has 3 N–H and O–H groups in total. The van der Waals surface area contributed by atoms with Crippen molar-refractivity contribution in [2.24, 2.45) is 0 Å². The third-order valence-corrected chi connectivity index (χ3v) is 3.41. The summed E-state index contributed by atoms with van der Waals surface area (Å²) in [6.45, 7) is 1.65. The lowest BCUT2D eigenvalue weighted by Gasteiger charge is -2.06. The van der Waals surface area contributed by atoms with Crippen molar-refractivity contribution in [2.75, 3.05) is 6.54 Å². The van der Waals surface area contributed by atoms with Gasteiger partial charge in [0.05, 0.1) is 6.10 Å². The third-order valence-electron chi connectivity index (χ3n) is 1.93. The zero-order chi connectivity index (χ0) is 12.2. The smallest absolute Gasteiger partial charge is 0.245 e. The molecule has 1 aromatic heterocycles. The van der Waals surface area contributed by atoms with Gasteiger partial charge in [0.25, 0.3) is 0 Å². The van der Waals surface area contributed by atoms with E-state index in [1.807, 2.05) is 0 Å². The number of H-pyrrole nitrogens is 1. The molecule has 0 fully saturated rings. The second-order valence-electron chi connectivity index (χ2n) is 3.41. The maximum Gasteiger partial charge on any atom is 0.245 e. The summed E-state index contributed by atoms with van der Waals surface area (Å²) < 4.78 is 25.5. The zero-order valence-electron chi connectivity index (χ0n) is 8.80. The molecule has 6 nitrogen and oxygen atoms in total. The number of sulfonamides is 1. The molecule has 16 heavy (non-hydrogen) atoms. The van der Waals surface area contributed by atoms with E-state index >= 15 is 0 Å². The lowest BCUT2D eigenvalue weighted by atomic mass is 10.3. The minimum atomic E-state index is -3.79. The molecule has 90 valence electrons. The highest BCUT2D eigenvalue weighted by molar-refractivity contribution is 7.89. The van der Waals surface area contributed by atoms with Crippen LogP contribution in [0.3, 0.4) is 0 Å². The van der Waals surface area contributed by atoms with Gasteiger partial charge >= 0.3 is 0 Å². The summed E-state index contributed by atoms with van der Waals surface area (Å²) in [7, 11) is -3.79. The van der Waals surface area contributed by atoms with Crippen molar-refractivity contribution in [1.82, 2.24) is 9.71 Å². The van der Waals surface area contributed by atoms with Gasteiger partial charge in [-0.3, -0.25) is 4.79 Å². The first-order valence-corrected chi connectivity index (χ1v) is 6.26. The summed E-state index contributed by atoms with van der Waals surface area (Å²) in [6, 6.07) is 1.14. The van der Waals surface area contributed by atoms with Crippen molar-refractivity contribution < 1.29 is 13.5 Å². The average molecular weight is 246 g/mol. The van der Waals surface area contributed by atoms with Crippen LogP contribution >= 0.6 is 0 Å². The minimum Gasteiger partial charge on any atom is -0.393 e. The van der Waals surface area contributed by atoms with Gasteiger partial charge in [-0.05, 0) is 13.3 Å². The van der Waals surface area contributed by atoms with Gasteiger partial charge in [0.2, 0.25) is 15.5 Å². The van der Waals surface area contributed by atoms with Crippen molar-refractivity contribution in [3.8, 4) is 0 Å². The molecule has 1 rings (SSSR count). The number of pyridine rings is 1. The summed E-state index contributed by atoms with van der Waals surface area (Å²) >= 11 is 0. The van der Waals surface area contributed by atoms with Crippen molar-refractivity contribution in [2.45, 2.75) is 24.3 Å². The number of aromatic nitrogens is 1. The molecular weight excluding hydrogens is 232 g/mol. The van der Waals surface area contributed by atoms with Gasteiger partial charge in [0, 0.05) is 25.0 Å². The van der Waals surface area contributed by atoms with Crippen LogP contribution in [-0.4, -0.2) is 31.2 Å². The van der Waals surface area contributed by atoms with Crippen LogP contribution in [-0.2, 0) is 10.0 Å². The average Bonchev–Trinajstić information content (AvgIpc) is 2.17. The largest absolute Gasteiger partial charge is 0.393 e. The molecule has 0 saturated carbocycles. The van der Waals surface area contributed by atoms with Crippen molar-refractivity contribution in [3.63, 3.8) is 0 Å². The molecule has 0 saturated heterocycles. The molecule has 0 amide bonds. The van der Waals surface area contributed by atoms with E-state index in [1.165, 1.54) is 6.20 Å². The highest BCUT2D eigenvalue weighted by Gasteiger charge is 2.16. The molecule has 1 unspecified atom stereocenters. The summed E-state index contributed by atoms with van der Waals surface area (Å²) in [5.74, 6) is 0. The SMILES string of the molecule is CC(O)CCNS(=O)(=O)c1c[nH]ccc1=O. The third kappa shape index (κ3) is 3.44. The normalized spacial score (nSPS) is 13.6. The van der Waals surface area contributed by atoms with Gasteiger partial charge in [0.1, 0.15) is 4.90 Å². The summed E-state index contributed by atoms with van der Waals surface area (Å²) in [5.41, 5.74) is -0.566. The Morgan fingerprint density at radius 3 is 2.81 bits per heavy atom. The fourth-order valence-electron chi connectivity index (χ4n) is 1.09. The van der Waals surface area contributed by atoms with Crippen LogP contribution in [0.4, 0.5) is 0 Å². The zero-order valence-corrected chi connectivity index (χ0v) is 9.62. The molecule has 0 aliphatic rings. The number of aliphatic hydroxyl groups excluding tert-OH is 1. The van der Waals surface area contributed by atoms with E-state index in [4.69, 9.17) is 5.11 Å². The van der Waals surface area contributed by atoms with Crippen LogP contribution in [0, 0.1) is 0 Å². The minimum absolute atomic E-state index is 0.0916. The molecule has 0 aromatic carbocycles. The fraction of sp³-hybridized carbons (Fsp3) is 0.444. The summed E-state index contributed by atoms with van der Waals surface area (Å²) in [4.78, 5) is 13.5. The van der Waals surface area contributed by atoms with Crippen LogP contribution in [0.15, 0.2) is 28.2 Å². The summed E-state index contributed by atoms with van der Waals surface area (Å²) in [6.07, 6.45) is 2.20. The topological polar surface area (TPSA) is 99.3 Å². The van der Waals surface area contributed by atoms with Crippen LogP contribution in [0.1, 0.15) is 13.3 Å². The molecule has 0 spiro atoms. The highest BCUT2D eigenvalue weighted by atomic mass is 32.2. The Balaban J connectivity index is 2.80. The van der Waals surface area contributed by atoms with Crippen LogP contribution < -0.4 is 10.2 Å². The first kappa shape index (κ1) is 12.9. The molecule has 0 bridgehead atoms. The van der Waals surface area contributed by atoms with E-state index in [1.54, 1.807) is 6.92 Å². The second kappa shape index (κ2) is 5.24. The molecule has 1 atom stereocenters. The lowest BCUT2D eigenvalue weighted by molar-refractivity contribution is 0.186. The molecule has 0 radical (unpaired) electrons. The molecule has 1 aromatic rings. The van der Waals surface area contributed by atoms with Crippen LogP contribution in [0.5, 0.6) is 0 Å². The van der Waals surface area contributed by atoms with Crippen molar-refractivity contribution in [1.29, 1.82) is 0 Å². The highest BCUT2D eigenvalue weighted by Crippen LogP contribution is 2.00. The molecule has 1 heterocycles. The lowest BCUT2D eigenvalue weighted by Crippen LogP contribution is -2.30. The van der Waals surface area contributed by atoms with Gasteiger partial charge in [-0.25, -0.2) is 13.1 Å².